The Hall–Kier alpha value is -2.37. The van der Waals surface area contributed by atoms with Crippen LogP contribution < -0.4 is 9.77 Å². The molecule has 2 amide bonds. The summed E-state index contributed by atoms with van der Waals surface area (Å²) in [5.74, 6) is -2.99. The summed E-state index contributed by atoms with van der Waals surface area (Å²) < 4.78 is 41.7. The molecular formula is C21H12BrF3N2O3S2. The van der Waals surface area contributed by atoms with E-state index in [0.29, 0.717) is 20.4 Å². The van der Waals surface area contributed by atoms with Crippen molar-refractivity contribution in [2.24, 2.45) is 5.92 Å². The molecule has 164 valence electrons. The van der Waals surface area contributed by atoms with E-state index >= 15 is 0 Å². The molecule has 32 heavy (non-hydrogen) atoms. The normalized spacial score (nSPS) is 22.8. The fraction of sp³-hybridized carbons (Fsp3) is 0.190. The summed E-state index contributed by atoms with van der Waals surface area (Å²) in [6.07, 6.45) is -4.73. The molecule has 2 aromatic carbocycles. The summed E-state index contributed by atoms with van der Waals surface area (Å²) in [5.41, 5.74) is -0.822. The van der Waals surface area contributed by atoms with Crippen LogP contribution in [0, 0.1) is 5.92 Å². The number of thiazole rings is 1. The Morgan fingerprint density at radius 2 is 1.66 bits per heavy atom. The highest BCUT2D eigenvalue weighted by Crippen LogP contribution is 2.53. The monoisotopic (exact) mass is 540 g/mol. The molecule has 5 nitrogen and oxygen atoms in total. The van der Waals surface area contributed by atoms with Crippen molar-refractivity contribution in [1.29, 1.82) is 0 Å². The van der Waals surface area contributed by atoms with E-state index in [4.69, 9.17) is 0 Å². The van der Waals surface area contributed by atoms with Gasteiger partial charge in [-0.25, -0.2) is 4.90 Å². The van der Waals surface area contributed by atoms with Gasteiger partial charge in [0.15, 0.2) is 0 Å². The van der Waals surface area contributed by atoms with Crippen molar-refractivity contribution >= 4 is 56.5 Å². The number of imide groups is 1. The predicted molar refractivity (Wildman–Crippen MR) is 118 cm³/mol. The summed E-state index contributed by atoms with van der Waals surface area (Å²) >= 11 is 5.33. The van der Waals surface area contributed by atoms with Crippen LogP contribution in [0.25, 0.3) is 0 Å². The van der Waals surface area contributed by atoms with Crippen LogP contribution >= 0.6 is 39.0 Å². The summed E-state index contributed by atoms with van der Waals surface area (Å²) in [6.45, 7) is 0. The number of aromatic amines is 1. The average Bonchev–Trinajstić information content (AvgIpc) is 3.23. The van der Waals surface area contributed by atoms with Crippen molar-refractivity contribution < 1.29 is 22.8 Å². The minimum absolute atomic E-state index is 0.316. The quantitative estimate of drug-likeness (QED) is 0.463. The van der Waals surface area contributed by atoms with E-state index in [-0.39, 0.29) is 4.87 Å². The number of carbonyl (C=O) groups is 2. The van der Waals surface area contributed by atoms with Gasteiger partial charge in [-0.2, -0.15) is 13.2 Å². The summed E-state index contributed by atoms with van der Waals surface area (Å²) in [5, 5.41) is -0.475. The van der Waals surface area contributed by atoms with Gasteiger partial charge >= 0.3 is 11.0 Å². The molecule has 1 aromatic heterocycles. The zero-order valence-electron chi connectivity index (χ0n) is 15.9. The van der Waals surface area contributed by atoms with E-state index < -0.39 is 46.3 Å². The lowest BCUT2D eigenvalue weighted by atomic mass is 9.83. The predicted octanol–water partition coefficient (Wildman–Crippen LogP) is 5.01. The van der Waals surface area contributed by atoms with E-state index in [1.54, 1.807) is 24.3 Å². The molecule has 1 N–H and O–H groups in total. The lowest BCUT2D eigenvalue weighted by Crippen LogP contribution is -2.33. The first kappa shape index (κ1) is 21.5. The van der Waals surface area contributed by atoms with Crippen LogP contribution in [0.5, 0.6) is 0 Å². The maximum absolute atomic E-state index is 13.6. The molecule has 1 saturated heterocycles. The van der Waals surface area contributed by atoms with E-state index in [9.17, 15) is 27.6 Å². The summed E-state index contributed by atoms with van der Waals surface area (Å²) in [7, 11) is 0. The Morgan fingerprint density at radius 3 is 2.34 bits per heavy atom. The highest BCUT2D eigenvalue weighted by Gasteiger charge is 2.57. The number of rotatable bonds is 2. The largest absolute Gasteiger partial charge is 0.418 e. The molecule has 2 aliphatic rings. The fourth-order valence-corrected chi connectivity index (χ4v) is 6.97. The highest BCUT2D eigenvalue weighted by molar-refractivity contribution is 9.10. The molecule has 3 heterocycles. The zero-order valence-corrected chi connectivity index (χ0v) is 19.1. The zero-order chi connectivity index (χ0) is 22.8. The minimum Gasteiger partial charge on any atom is -0.307 e. The number of thioether (sulfide) groups is 1. The Kier molecular flexibility index (Phi) is 5.10. The number of nitrogens with one attached hydrogen (secondary N) is 1. The molecular weight excluding hydrogens is 529 g/mol. The Bertz CT molecular complexity index is 1300. The standard InChI is InChI=1S/C21H12BrF3N2O3S2/c22-10-7-5-9(6-8-10)13-14-16(31-17-15(13)32-20(30)26-17)19(29)27(18(14)28)12-4-2-1-3-11(12)21(23,24)25/h1-8,13-14,16H,(H,26,30). The third-order valence-corrected chi connectivity index (χ3v) is 8.43. The van der Waals surface area contributed by atoms with Crippen LogP contribution in [0.4, 0.5) is 18.9 Å². The van der Waals surface area contributed by atoms with E-state index in [1.807, 2.05) is 0 Å². The number of anilines is 1. The van der Waals surface area contributed by atoms with E-state index in [2.05, 4.69) is 20.9 Å². The second-order valence-corrected chi connectivity index (χ2v) is 10.4. The second kappa shape index (κ2) is 7.60. The van der Waals surface area contributed by atoms with Gasteiger partial charge in [-0.1, -0.05) is 63.3 Å². The van der Waals surface area contributed by atoms with Crippen molar-refractivity contribution in [3.8, 4) is 0 Å². The van der Waals surface area contributed by atoms with Gasteiger partial charge in [0.05, 0.1) is 22.2 Å². The maximum atomic E-state index is 13.6. The van der Waals surface area contributed by atoms with Gasteiger partial charge in [-0.05, 0) is 29.8 Å². The summed E-state index contributed by atoms with van der Waals surface area (Å²) in [6, 6.07) is 11.7. The van der Waals surface area contributed by atoms with Gasteiger partial charge in [-0.3, -0.25) is 14.4 Å². The number of hydrogen-bond acceptors (Lipinski definition) is 5. The van der Waals surface area contributed by atoms with Gasteiger partial charge in [0.1, 0.15) is 5.25 Å². The average molecular weight is 541 g/mol. The smallest absolute Gasteiger partial charge is 0.307 e. The van der Waals surface area contributed by atoms with Crippen LogP contribution in [0.2, 0.25) is 0 Å². The molecule has 0 aliphatic carbocycles. The topological polar surface area (TPSA) is 70.2 Å². The number of amides is 2. The van der Waals surface area contributed by atoms with Crippen LogP contribution in [0.1, 0.15) is 21.9 Å². The van der Waals surface area contributed by atoms with Gasteiger partial charge < -0.3 is 4.98 Å². The van der Waals surface area contributed by atoms with Crippen molar-refractivity contribution in [3.05, 3.63) is 78.7 Å². The molecule has 0 saturated carbocycles. The second-order valence-electron chi connectivity index (χ2n) is 7.33. The number of para-hydroxylation sites is 1. The molecule has 3 unspecified atom stereocenters. The number of halogens is 4. The Morgan fingerprint density at radius 1 is 0.969 bits per heavy atom. The van der Waals surface area contributed by atoms with E-state index in [0.717, 1.165) is 39.7 Å². The number of fused-ring (bicyclic) bond motifs is 2. The number of benzene rings is 2. The molecule has 3 aromatic rings. The van der Waals surface area contributed by atoms with Crippen LogP contribution in [0.15, 0.2) is 62.8 Å². The molecule has 0 radical (unpaired) electrons. The molecule has 0 spiro atoms. The van der Waals surface area contributed by atoms with Crippen molar-refractivity contribution in [2.45, 2.75) is 22.4 Å². The van der Waals surface area contributed by atoms with Crippen LogP contribution in [-0.2, 0) is 15.8 Å². The number of hydrogen-bond donors (Lipinski definition) is 1. The van der Waals surface area contributed by atoms with Crippen molar-refractivity contribution in [1.82, 2.24) is 4.98 Å². The molecule has 11 heteroatoms. The third-order valence-electron chi connectivity index (χ3n) is 5.50. The van der Waals surface area contributed by atoms with Gasteiger partial charge in [0.2, 0.25) is 11.8 Å². The summed E-state index contributed by atoms with van der Waals surface area (Å²) in [4.78, 5) is 42.5. The molecule has 3 atom stereocenters. The first-order valence-electron chi connectivity index (χ1n) is 9.36. The molecule has 0 bridgehead atoms. The van der Waals surface area contributed by atoms with E-state index in [1.165, 1.54) is 12.1 Å². The minimum atomic E-state index is -4.73. The number of nitrogens with zero attached hydrogens (tertiary/aromatic N) is 1. The lowest BCUT2D eigenvalue weighted by molar-refractivity contribution is -0.137. The Balaban J connectivity index is 1.66. The van der Waals surface area contributed by atoms with Crippen LogP contribution in [0.3, 0.4) is 0 Å². The maximum Gasteiger partial charge on any atom is 0.418 e. The third kappa shape index (κ3) is 3.34. The van der Waals surface area contributed by atoms with Gasteiger partial charge in [0, 0.05) is 15.3 Å². The number of aromatic nitrogens is 1. The first-order chi connectivity index (χ1) is 15.2. The molecule has 5 rings (SSSR count). The molecule has 2 aliphatic heterocycles. The molecule has 1 fully saturated rings. The highest BCUT2D eigenvalue weighted by atomic mass is 79.9. The van der Waals surface area contributed by atoms with Gasteiger partial charge in [0.25, 0.3) is 0 Å². The lowest BCUT2D eigenvalue weighted by Gasteiger charge is -2.29. The number of carbonyl (C=O) groups excluding carboxylic acids is 2. The first-order valence-corrected chi connectivity index (χ1v) is 11.8. The van der Waals surface area contributed by atoms with Crippen LogP contribution in [-0.4, -0.2) is 22.0 Å². The van der Waals surface area contributed by atoms with Gasteiger partial charge in [-0.15, -0.1) is 0 Å². The van der Waals surface area contributed by atoms with Crippen molar-refractivity contribution in [2.75, 3.05) is 4.90 Å². The fourth-order valence-electron chi connectivity index (χ4n) is 4.19. The SMILES string of the molecule is O=C1C2Sc3[nH]c(=O)sc3C(c3ccc(Br)cc3)C2C(=O)N1c1ccccc1C(F)(F)F. The number of H-pyrrole nitrogens is 1. The van der Waals surface area contributed by atoms with Crippen molar-refractivity contribution in [3.63, 3.8) is 0 Å². The number of alkyl halides is 3. The Labute approximate surface area is 195 Å².